The maximum absolute atomic E-state index is 12.7. The second-order valence-corrected chi connectivity index (χ2v) is 7.38. The fraction of sp³-hybridized carbons (Fsp3) is 0.208. The Labute approximate surface area is 191 Å². The second-order valence-electron chi connectivity index (χ2n) is 6.94. The lowest BCUT2D eigenvalue weighted by molar-refractivity contribution is 0.0953. The Morgan fingerprint density at radius 3 is 2.66 bits per heavy atom. The van der Waals surface area contributed by atoms with Crippen LogP contribution >= 0.6 is 11.6 Å². The summed E-state index contributed by atoms with van der Waals surface area (Å²) in [7, 11) is 1.56. The minimum absolute atomic E-state index is 0.000456. The average molecular weight is 454 g/mol. The van der Waals surface area contributed by atoms with Crippen LogP contribution in [0.4, 0.5) is 0 Å². The first-order valence-corrected chi connectivity index (χ1v) is 10.5. The van der Waals surface area contributed by atoms with E-state index >= 15 is 0 Å². The van der Waals surface area contributed by atoms with E-state index in [-0.39, 0.29) is 5.56 Å². The monoisotopic (exact) mass is 453 g/mol. The predicted octanol–water partition coefficient (Wildman–Crippen LogP) is 4.11. The lowest BCUT2D eigenvalue weighted by Gasteiger charge is -2.10. The van der Waals surface area contributed by atoms with Crippen LogP contribution in [0.3, 0.4) is 0 Å². The number of carbonyl (C=O) groups is 1. The topological polar surface area (TPSA) is 81.9 Å². The highest BCUT2D eigenvalue weighted by Crippen LogP contribution is 2.27. The summed E-state index contributed by atoms with van der Waals surface area (Å²) in [5.74, 6) is 0.620. The molecule has 3 aromatic rings. The fourth-order valence-corrected chi connectivity index (χ4v) is 3.07. The smallest absolute Gasteiger partial charge is 0.276 e. The van der Waals surface area contributed by atoms with Crippen molar-refractivity contribution in [1.82, 2.24) is 9.99 Å². The second kappa shape index (κ2) is 11.2. The van der Waals surface area contributed by atoms with Gasteiger partial charge in [0.1, 0.15) is 5.56 Å². The molecule has 2 aromatic carbocycles. The van der Waals surface area contributed by atoms with Gasteiger partial charge in [0.25, 0.3) is 11.5 Å². The number of carbonyl (C=O) groups excluding carboxylic acids is 1. The highest BCUT2D eigenvalue weighted by atomic mass is 35.5. The van der Waals surface area contributed by atoms with Crippen LogP contribution in [-0.2, 0) is 6.54 Å². The number of amides is 1. The normalized spacial score (nSPS) is 10.8. The number of hydrogen-bond donors (Lipinski definition) is 1. The summed E-state index contributed by atoms with van der Waals surface area (Å²) in [5.41, 5.74) is 3.60. The van der Waals surface area contributed by atoms with Crippen molar-refractivity contribution in [2.24, 2.45) is 5.10 Å². The number of rotatable bonds is 9. The molecule has 3 rings (SSSR count). The molecule has 32 heavy (non-hydrogen) atoms. The zero-order chi connectivity index (χ0) is 22.9. The summed E-state index contributed by atoms with van der Waals surface area (Å²) >= 11 is 5.90. The highest BCUT2D eigenvalue weighted by Gasteiger charge is 2.12. The summed E-state index contributed by atoms with van der Waals surface area (Å²) in [6.45, 7) is 2.94. The fourth-order valence-electron chi connectivity index (χ4n) is 2.94. The number of ether oxygens (including phenoxy) is 2. The molecule has 0 aliphatic heterocycles. The molecule has 0 fully saturated rings. The van der Waals surface area contributed by atoms with Crippen LogP contribution in [0.15, 0.2) is 70.7 Å². The van der Waals surface area contributed by atoms with Crippen LogP contribution in [-0.4, -0.2) is 30.4 Å². The zero-order valence-electron chi connectivity index (χ0n) is 17.9. The Bertz CT molecular complexity index is 1160. The first-order chi connectivity index (χ1) is 15.5. The van der Waals surface area contributed by atoms with Crippen molar-refractivity contribution in [3.63, 3.8) is 0 Å². The molecule has 0 saturated heterocycles. The van der Waals surface area contributed by atoms with Crippen LogP contribution < -0.4 is 20.5 Å². The van der Waals surface area contributed by atoms with E-state index in [0.717, 1.165) is 12.0 Å². The number of methoxy groups -OCH3 is 1. The number of benzene rings is 2. The molecule has 0 aliphatic rings. The summed E-state index contributed by atoms with van der Waals surface area (Å²) < 4.78 is 12.4. The van der Waals surface area contributed by atoms with Gasteiger partial charge in [-0.3, -0.25) is 9.59 Å². The molecule has 1 aromatic heterocycles. The summed E-state index contributed by atoms with van der Waals surface area (Å²) in [6, 6.07) is 15.6. The van der Waals surface area contributed by atoms with Gasteiger partial charge in [0.05, 0.1) is 26.5 Å². The van der Waals surface area contributed by atoms with Crippen LogP contribution in [0.25, 0.3) is 0 Å². The van der Waals surface area contributed by atoms with E-state index in [0.29, 0.717) is 35.2 Å². The molecular formula is C24H24ClN3O4. The minimum atomic E-state index is -0.591. The lowest BCUT2D eigenvalue weighted by Crippen LogP contribution is -2.30. The number of hydrogen-bond acceptors (Lipinski definition) is 5. The van der Waals surface area contributed by atoms with E-state index < -0.39 is 11.5 Å². The van der Waals surface area contributed by atoms with Crippen LogP contribution in [0.1, 0.15) is 34.8 Å². The van der Waals surface area contributed by atoms with Crippen molar-refractivity contribution >= 4 is 23.7 Å². The van der Waals surface area contributed by atoms with Gasteiger partial charge in [-0.1, -0.05) is 30.7 Å². The third kappa shape index (κ3) is 5.98. The summed E-state index contributed by atoms with van der Waals surface area (Å²) in [5, 5.41) is 4.58. The predicted molar refractivity (Wildman–Crippen MR) is 125 cm³/mol. The average Bonchev–Trinajstić information content (AvgIpc) is 2.80. The van der Waals surface area contributed by atoms with Crippen molar-refractivity contribution in [1.29, 1.82) is 0 Å². The number of pyridine rings is 1. The Morgan fingerprint density at radius 2 is 1.94 bits per heavy atom. The molecule has 0 saturated carbocycles. The maximum atomic E-state index is 12.7. The number of nitrogens with zero attached hydrogens (tertiary/aromatic N) is 2. The molecule has 0 spiro atoms. The van der Waals surface area contributed by atoms with E-state index in [9.17, 15) is 9.59 Å². The van der Waals surface area contributed by atoms with Gasteiger partial charge in [-0.2, -0.15) is 5.10 Å². The van der Waals surface area contributed by atoms with Gasteiger partial charge >= 0.3 is 0 Å². The molecule has 1 heterocycles. The van der Waals surface area contributed by atoms with Crippen LogP contribution in [0, 0.1) is 0 Å². The number of halogens is 1. The van der Waals surface area contributed by atoms with Crippen LogP contribution in [0.5, 0.6) is 11.5 Å². The van der Waals surface area contributed by atoms with Crippen molar-refractivity contribution in [2.45, 2.75) is 19.9 Å². The van der Waals surface area contributed by atoms with E-state index in [1.807, 2.05) is 19.1 Å². The molecule has 0 aliphatic carbocycles. The standard InChI is InChI=1S/C24H24ClN3O4/c1-3-13-32-21-11-8-18(14-22(21)31-2)15-26-27-23(29)20-5-4-12-28(24(20)30)16-17-6-9-19(25)10-7-17/h4-12,14-15H,3,13,16H2,1-2H3,(H,27,29)/b26-15-. The molecule has 0 radical (unpaired) electrons. The van der Waals surface area contributed by atoms with Crippen molar-refractivity contribution in [2.75, 3.05) is 13.7 Å². The third-order valence-electron chi connectivity index (χ3n) is 4.56. The van der Waals surface area contributed by atoms with Crippen LogP contribution in [0.2, 0.25) is 5.02 Å². The van der Waals surface area contributed by atoms with E-state index in [4.69, 9.17) is 21.1 Å². The molecule has 7 nitrogen and oxygen atoms in total. The molecule has 0 bridgehead atoms. The highest BCUT2D eigenvalue weighted by molar-refractivity contribution is 6.30. The number of hydrazone groups is 1. The van der Waals surface area contributed by atoms with E-state index in [1.54, 1.807) is 49.7 Å². The molecule has 166 valence electrons. The van der Waals surface area contributed by atoms with Gasteiger partial charge < -0.3 is 14.0 Å². The maximum Gasteiger partial charge on any atom is 0.276 e. The van der Waals surface area contributed by atoms with Gasteiger partial charge in [-0.15, -0.1) is 0 Å². The molecule has 8 heteroatoms. The molecule has 0 atom stereocenters. The third-order valence-corrected chi connectivity index (χ3v) is 4.81. The zero-order valence-corrected chi connectivity index (χ0v) is 18.6. The quantitative estimate of drug-likeness (QED) is 0.390. The largest absolute Gasteiger partial charge is 0.493 e. The van der Waals surface area contributed by atoms with Gasteiger partial charge in [0.2, 0.25) is 0 Å². The Hall–Kier alpha value is -3.58. The lowest BCUT2D eigenvalue weighted by atomic mass is 10.2. The molecule has 0 unspecified atom stereocenters. The van der Waals surface area contributed by atoms with Crippen molar-refractivity contribution < 1.29 is 14.3 Å². The Kier molecular flexibility index (Phi) is 8.05. The van der Waals surface area contributed by atoms with Gasteiger partial charge in [0, 0.05) is 11.2 Å². The summed E-state index contributed by atoms with van der Waals surface area (Å²) in [4.78, 5) is 25.2. The molecule has 1 amide bonds. The Morgan fingerprint density at radius 1 is 1.16 bits per heavy atom. The van der Waals surface area contributed by atoms with E-state index in [1.165, 1.54) is 16.8 Å². The Balaban J connectivity index is 1.69. The van der Waals surface area contributed by atoms with Crippen molar-refractivity contribution in [3.8, 4) is 11.5 Å². The first kappa shape index (κ1) is 23.1. The SMILES string of the molecule is CCCOc1ccc(/C=N\NC(=O)c2cccn(Cc3ccc(Cl)cc3)c2=O)cc1OC. The van der Waals surface area contributed by atoms with Gasteiger partial charge in [-0.25, -0.2) is 5.43 Å². The van der Waals surface area contributed by atoms with E-state index in [2.05, 4.69) is 10.5 Å². The van der Waals surface area contributed by atoms with Gasteiger partial charge in [-0.05, 0) is 60.0 Å². The molecule has 1 N–H and O–H groups in total. The summed E-state index contributed by atoms with van der Waals surface area (Å²) in [6.07, 6.45) is 3.99. The van der Waals surface area contributed by atoms with Gasteiger partial charge in [0.15, 0.2) is 11.5 Å². The number of aromatic nitrogens is 1. The molecular weight excluding hydrogens is 430 g/mol. The first-order valence-electron chi connectivity index (χ1n) is 10.1. The van der Waals surface area contributed by atoms with Crippen molar-refractivity contribution in [3.05, 3.63) is 92.9 Å². The number of nitrogens with one attached hydrogen (secondary N) is 1. The minimum Gasteiger partial charge on any atom is -0.493 e.